The van der Waals surface area contributed by atoms with Crippen LogP contribution in [0.3, 0.4) is 0 Å². The molecule has 1 aliphatic rings. The van der Waals surface area contributed by atoms with Crippen molar-refractivity contribution in [3.05, 3.63) is 35.6 Å². The van der Waals surface area contributed by atoms with Crippen molar-refractivity contribution in [1.82, 2.24) is 24.2 Å². The fourth-order valence-electron chi connectivity index (χ4n) is 3.03. The molecule has 0 saturated carbocycles. The van der Waals surface area contributed by atoms with E-state index in [0.29, 0.717) is 47.2 Å². The number of nitrogen functional groups attached to an aromatic ring is 1. The van der Waals surface area contributed by atoms with Crippen molar-refractivity contribution in [2.75, 3.05) is 31.9 Å². The lowest BCUT2D eigenvalue weighted by Gasteiger charge is -2.33. The van der Waals surface area contributed by atoms with E-state index in [2.05, 4.69) is 19.9 Å². The normalized spacial score (nSPS) is 17.3. The Hall–Kier alpha value is -2.01. The third-order valence-corrected chi connectivity index (χ3v) is 7.06. The molecule has 25 heavy (non-hydrogen) atoms. The van der Waals surface area contributed by atoms with Crippen LogP contribution in [0.1, 0.15) is 4.88 Å². The molecule has 0 aromatic carbocycles. The van der Waals surface area contributed by atoms with Crippen LogP contribution in [0.5, 0.6) is 0 Å². The van der Waals surface area contributed by atoms with Gasteiger partial charge in [0, 0.05) is 61.6 Å². The van der Waals surface area contributed by atoms with E-state index in [1.54, 1.807) is 28.8 Å². The van der Waals surface area contributed by atoms with Crippen LogP contribution in [0.4, 0.5) is 5.13 Å². The number of aromatic nitrogens is 3. The van der Waals surface area contributed by atoms with Gasteiger partial charge >= 0.3 is 0 Å². The predicted octanol–water partition coefficient (Wildman–Crippen LogP) is 1.11. The van der Waals surface area contributed by atoms with E-state index >= 15 is 0 Å². The second-order valence-electron chi connectivity index (χ2n) is 5.90. The van der Waals surface area contributed by atoms with Crippen LogP contribution >= 0.6 is 11.3 Å². The van der Waals surface area contributed by atoms with Gasteiger partial charge < -0.3 is 10.7 Å². The number of aromatic amines is 1. The summed E-state index contributed by atoms with van der Waals surface area (Å²) in [5.41, 5.74) is 6.24. The predicted molar refractivity (Wildman–Crippen MR) is 96.7 cm³/mol. The number of hydrogen-bond acceptors (Lipinski definition) is 7. The average molecular weight is 378 g/mol. The van der Waals surface area contributed by atoms with E-state index in [-0.39, 0.29) is 0 Å². The van der Waals surface area contributed by atoms with E-state index in [1.165, 1.54) is 17.5 Å². The van der Waals surface area contributed by atoms with Gasteiger partial charge in [-0.2, -0.15) is 4.31 Å². The molecule has 3 N–H and O–H groups in total. The number of nitrogens with two attached hydrogens (primary N) is 1. The highest BCUT2D eigenvalue weighted by Crippen LogP contribution is 2.25. The maximum atomic E-state index is 13.0. The first kappa shape index (κ1) is 16.5. The van der Waals surface area contributed by atoms with Crippen LogP contribution in [0, 0.1) is 0 Å². The lowest BCUT2D eigenvalue weighted by molar-refractivity contribution is 0.183. The van der Waals surface area contributed by atoms with E-state index < -0.39 is 10.0 Å². The quantitative estimate of drug-likeness (QED) is 0.704. The van der Waals surface area contributed by atoms with Crippen LogP contribution in [0.2, 0.25) is 0 Å². The summed E-state index contributed by atoms with van der Waals surface area (Å²) in [5.74, 6) is 0. The molecule has 8 nitrogen and oxygen atoms in total. The molecule has 0 radical (unpaired) electrons. The fourth-order valence-corrected chi connectivity index (χ4v) is 5.33. The molecule has 4 rings (SSSR count). The minimum Gasteiger partial charge on any atom is -0.375 e. The minimum absolute atomic E-state index is 0.291. The Kier molecular flexibility index (Phi) is 4.20. The van der Waals surface area contributed by atoms with Crippen LogP contribution in [-0.4, -0.2) is 58.8 Å². The Morgan fingerprint density at radius 1 is 1.24 bits per heavy atom. The smallest absolute Gasteiger partial charge is 0.245 e. The molecule has 1 fully saturated rings. The molecule has 132 valence electrons. The topological polar surface area (TPSA) is 108 Å². The van der Waals surface area contributed by atoms with Crippen LogP contribution in [-0.2, 0) is 16.6 Å². The zero-order valence-electron chi connectivity index (χ0n) is 13.4. The Morgan fingerprint density at radius 2 is 2.04 bits per heavy atom. The Morgan fingerprint density at radius 3 is 2.76 bits per heavy atom. The Bertz CT molecular complexity index is 988. The van der Waals surface area contributed by atoms with Gasteiger partial charge in [0.15, 0.2) is 5.13 Å². The van der Waals surface area contributed by atoms with Crippen molar-refractivity contribution in [1.29, 1.82) is 0 Å². The molecule has 3 aromatic rings. The van der Waals surface area contributed by atoms with E-state index in [4.69, 9.17) is 5.73 Å². The number of nitrogens with one attached hydrogen (secondary N) is 1. The first-order valence-corrected chi connectivity index (χ1v) is 10.1. The number of H-pyrrole nitrogens is 1. The summed E-state index contributed by atoms with van der Waals surface area (Å²) in [5, 5.41) is 1.19. The number of piperazine rings is 1. The van der Waals surface area contributed by atoms with Gasteiger partial charge in [0.2, 0.25) is 10.0 Å². The van der Waals surface area contributed by atoms with Crippen molar-refractivity contribution in [3.63, 3.8) is 0 Å². The molecule has 1 saturated heterocycles. The third kappa shape index (κ3) is 3.13. The zero-order valence-corrected chi connectivity index (χ0v) is 15.1. The molecule has 1 aliphatic heterocycles. The maximum Gasteiger partial charge on any atom is 0.245 e. The van der Waals surface area contributed by atoms with E-state index in [1.807, 2.05) is 0 Å². The Labute approximate surface area is 149 Å². The number of rotatable bonds is 4. The van der Waals surface area contributed by atoms with Gasteiger partial charge in [-0.15, -0.1) is 11.3 Å². The van der Waals surface area contributed by atoms with Gasteiger partial charge in [-0.25, -0.2) is 18.4 Å². The van der Waals surface area contributed by atoms with E-state index in [0.717, 1.165) is 11.4 Å². The van der Waals surface area contributed by atoms with Gasteiger partial charge in [0.05, 0.1) is 0 Å². The first-order chi connectivity index (χ1) is 12.0. The van der Waals surface area contributed by atoms with Crippen molar-refractivity contribution in [3.8, 4) is 0 Å². The second-order valence-corrected chi connectivity index (χ2v) is 8.95. The van der Waals surface area contributed by atoms with Crippen LogP contribution in [0.25, 0.3) is 11.0 Å². The summed E-state index contributed by atoms with van der Waals surface area (Å²) in [6.45, 7) is 3.03. The molecule has 10 heteroatoms. The molecule has 0 atom stereocenters. The summed E-state index contributed by atoms with van der Waals surface area (Å²) in [4.78, 5) is 14.7. The van der Waals surface area contributed by atoms with Gasteiger partial charge in [0.25, 0.3) is 0 Å². The average Bonchev–Trinajstić information content (AvgIpc) is 3.22. The van der Waals surface area contributed by atoms with E-state index in [9.17, 15) is 8.42 Å². The summed E-state index contributed by atoms with van der Waals surface area (Å²) >= 11 is 1.47. The van der Waals surface area contributed by atoms with Crippen molar-refractivity contribution < 1.29 is 8.42 Å². The zero-order chi connectivity index (χ0) is 17.4. The highest BCUT2D eigenvalue weighted by atomic mass is 32.2. The lowest BCUT2D eigenvalue weighted by atomic mass is 10.3. The molecular weight excluding hydrogens is 360 g/mol. The largest absolute Gasteiger partial charge is 0.375 e. The molecule has 0 aliphatic carbocycles. The van der Waals surface area contributed by atoms with Crippen LogP contribution in [0.15, 0.2) is 35.6 Å². The molecule has 0 amide bonds. The third-order valence-electron chi connectivity index (χ3n) is 4.31. The second kappa shape index (κ2) is 6.37. The lowest BCUT2D eigenvalue weighted by Crippen LogP contribution is -2.48. The van der Waals surface area contributed by atoms with Crippen molar-refractivity contribution in [2.24, 2.45) is 0 Å². The number of anilines is 1. The fraction of sp³-hybridized carbons (Fsp3) is 0.333. The number of nitrogens with zero attached hydrogens (tertiary/aromatic N) is 4. The summed E-state index contributed by atoms with van der Waals surface area (Å²) in [6.07, 6.45) is 4.95. The number of hydrogen-bond donors (Lipinski definition) is 2. The summed E-state index contributed by atoms with van der Waals surface area (Å²) in [7, 11) is -3.53. The van der Waals surface area contributed by atoms with Crippen molar-refractivity contribution >= 4 is 37.5 Å². The van der Waals surface area contributed by atoms with Gasteiger partial charge in [-0.1, -0.05) is 0 Å². The van der Waals surface area contributed by atoms with Gasteiger partial charge in [-0.05, 0) is 12.1 Å². The monoisotopic (exact) mass is 378 g/mol. The standard InChI is InChI=1S/C15H18N6O2S2/c16-15-19-8-11(24-15)10-20-4-6-21(7-5-20)25(22,23)13-9-18-14-12(13)2-1-3-17-14/h1-3,8-9H,4-7,10H2,(H2,16,19)(H,17,18). The number of thiazole rings is 1. The van der Waals surface area contributed by atoms with Gasteiger partial charge in [-0.3, -0.25) is 4.90 Å². The molecule has 0 bridgehead atoms. The summed E-state index contributed by atoms with van der Waals surface area (Å²) < 4.78 is 27.5. The first-order valence-electron chi connectivity index (χ1n) is 7.89. The SMILES string of the molecule is Nc1ncc(CN2CCN(S(=O)(=O)c3c[nH]c4ncccc34)CC2)s1. The number of sulfonamides is 1. The molecule has 0 spiro atoms. The maximum absolute atomic E-state index is 13.0. The van der Waals surface area contributed by atoms with Crippen LogP contribution < -0.4 is 5.73 Å². The van der Waals surface area contributed by atoms with Gasteiger partial charge in [0.1, 0.15) is 10.5 Å². The molecule has 0 unspecified atom stereocenters. The highest BCUT2D eigenvalue weighted by Gasteiger charge is 2.30. The molecule has 3 aromatic heterocycles. The number of pyridine rings is 1. The Balaban J connectivity index is 1.48. The summed E-state index contributed by atoms with van der Waals surface area (Å²) in [6, 6.07) is 3.52. The highest BCUT2D eigenvalue weighted by molar-refractivity contribution is 7.89. The number of fused-ring (bicyclic) bond motifs is 1. The molecular formula is C15H18N6O2S2. The molecule has 4 heterocycles. The minimum atomic E-state index is -3.53. The van der Waals surface area contributed by atoms with Crippen molar-refractivity contribution in [2.45, 2.75) is 11.4 Å².